The summed E-state index contributed by atoms with van der Waals surface area (Å²) in [6, 6.07) is 16.9. The SMILES string of the molecule is Cc1ccccc1CCNCc1sc2ccccc2c1Cl. The number of hydrogen-bond donors (Lipinski definition) is 1. The molecule has 0 atom stereocenters. The van der Waals surface area contributed by atoms with Crippen LogP contribution in [0.4, 0.5) is 0 Å². The molecule has 108 valence electrons. The summed E-state index contributed by atoms with van der Waals surface area (Å²) in [5.74, 6) is 0. The minimum atomic E-state index is 0.837. The average molecular weight is 316 g/mol. The van der Waals surface area contributed by atoms with Crippen LogP contribution in [-0.2, 0) is 13.0 Å². The molecule has 0 saturated heterocycles. The molecular formula is C18H18ClNS. The van der Waals surface area contributed by atoms with Gasteiger partial charge in [0, 0.05) is 21.5 Å². The monoisotopic (exact) mass is 315 g/mol. The third-order valence-electron chi connectivity index (χ3n) is 3.72. The van der Waals surface area contributed by atoms with Crippen molar-refractivity contribution in [1.29, 1.82) is 0 Å². The first kappa shape index (κ1) is 14.6. The van der Waals surface area contributed by atoms with Crippen LogP contribution in [0, 0.1) is 6.92 Å². The minimum Gasteiger partial charge on any atom is -0.311 e. The topological polar surface area (TPSA) is 12.0 Å². The standard InChI is InChI=1S/C18H18ClNS/c1-13-6-2-3-7-14(13)10-11-20-12-17-18(19)15-8-4-5-9-16(15)21-17/h2-9,20H,10-12H2,1H3. The summed E-state index contributed by atoms with van der Waals surface area (Å²) in [5.41, 5.74) is 2.77. The maximum Gasteiger partial charge on any atom is 0.0636 e. The van der Waals surface area contributed by atoms with Crippen molar-refractivity contribution in [3.63, 3.8) is 0 Å². The lowest BCUT2D eigenvalue weighted by Gasteiger charge is -2.06. The van der Waals surface area contributed by atoms with Gasteiger partial charge in [-0.15, -0.1) is 11.3 Å². The van der Waals surface area contributed by atoms with E-state index in [9.17, 15) is 0 Å². The van der Waals surface area contributed by atoms with E-state index < -0.39 is 0 Å². The lowest BCUT2D eigenvalue weighted by Crippen LogP contribution is -2.16. The van der Waals surface area contributed by atoms with Crippen molar-refractivity contribution >= 4 is 33.0 Å². The Hall–Kier alpha value is -1.35. The van der Waals surface area contributed by atoms with Gasteiger partial charge in [0.15, 0.2) is 0 Å². The molecule has 0 aliphatic heterocycles. The molecule has 0 aliphatic rings. The Kier molecular flexibility index (Phi) is 4.59. The lowest BCUT2D eigenvalue weighted by atomic mass is 10.1. The van der Waals surface area contributed by atoms with Crippen molar-refractivity contribution in [3.05, 3.63) is 69.6 Å². The third-order valence-corrected chi connectivity index (χ3v) is 5.43. The molecule has 3 rings (SSSR count). The van der Waals surface area contributed by atoms with E-state index in [1.165, 1.54) is 26.1 Å². The molecule has 0 saturated carbocycles. The molecule has 0 unspecified atom stereocenters. The highest BCUT2D eigenvalue weighted by Crippen LogP contribution is 2.34. The highest BCUT2D eigenvalue weighted by Gasteiger charge is 2.09. The van der Waals surface area contributed by atoms with Crippen molar-refractivity contribution in [2.24, 2.45) is 0 Å². The molecule has 0 aliphatic carbocycles. The fraction of sp³-hybridized carbons (Fsp3) is 0.222. The highest BCUT2D eigenvalue weighted by atomic mass is 35.5. The van der Waals surface area contributed by atoms with Crippen molar-refractivity contribution in [2.45, 2.75) is 19.9 Å². The van der Waals surface area contributed by atoms with Crippen LogP contribution in [0.3, 0.4) is 0 Å². The minimum absolute atomic E-state index is 0.837. The second kappa shape index (κ2) is 6.61. The van der Waals surface area contributed by atoms with E-state index in [4.69, 9.17) is 11.6 Å². The van der Waals surface area contributed by atoms with Crippen LogP contribution >= 0.6 is 22.9 Å². The summed E-state index contributed by atoms with van der Waals surface area (Å²) in [5, 5.41) is 5.57. The molecule has 1 nitrogen and oxygen atoms in total. The molecule has 1 heterocycles. The second-order valence-electron chi connectivity index (χ2n) is 5.19. The average Bonchev–Trinajstić information content (AvgIpc) is 2.82. The van der Waals surface area contributed by atoms with E-state index in [-0.39, 0.29) is 0 Å². The van der Waals surface area contributed by atoms with Crippen LogP contribution in [0.25, 0.3) is 10.1 Å². The van der Waals surface area contributed by atoms with Crippen LogP contribution in [0.2, 0.25) is 5.02 Å². The summed E-state index contributed by atoms with van der Waals surface area (Å²) < 4.78 is 1.26. The molecule has 0 bridgehead atoms. The normalized spacial score (nSPS) is 11.1. The van der Waals surface area contributed by atoms with E-state index in [0.717, 1.165) is 24.5 Å². The Morgan fingerprint density at radius 3 is 2.62 bits per heavy atom. The van der Waals surface area contributed by atoms with Crippen LogP contribution in [0.1, 0.15) is 16.0 Å². The fourth-order valence-corrected chi connectivity index (χ4v) is 3.96. The molecule has 21 heavy (non-hydrogen) atoms. The van der Waals surface area contributed by atoms with Gasteiger partial charge in [-0.3, -0.25) is 0 Å². The highest BCUT2D eigenvalue weighted by molar-refractivity contribution is 7.19. The van der Waals surface area contributed by atoms with E-state index in [1.54, 1.807) is 11.3 Å². The molecule has 3 heteroatoms. The molecule has 0 amide bonds. The molecule has 1 N–H and O–H groups in total. The van der Waals surface area contributed by atoms with Crippen LogP contribution in [0.5, 0.6) is 0 Å². The molecule has 3 aromatic rings. The zero-order chi connectivity index (χ0) is 14.7. The zero-order valence-corrected chi connectivity index (χ0v) is 13.6. The van der Waals surface area contributed by atoms with Gasteiger partial charge < -0.3 is 5.32 Å². The number of fused-ring (bicyclic) bond motifs is 1. The van der Waals surface area contributed by atoms with Gasteiger partial charge in [0.05, 0.1) is 5.02 Å². The second-order valence-corrected chi connectivity index (χ2v) is 6.70. The van der Waals surface area contributed by atoms with Gasteiger partial charge in [-0.05, 0) is 37.1 Å². The van der Waals surface area contributed by atoms with Crippen molar-refractivity contribution < 1.29 is 0 Å². The summed E-state index contributed by atoms with van der Waals surface area (Å²) in [4.78, 5) is 1.22. The molecule has 0 fully saturated rings. The lowest BCUT2D eigenvalue weighted by molar-refractivity contribution is 0.692. The number of hydrogen-bond acceptors (Lipinski definition) is 2. The molecule has 0 spiro atoms. The Balaban J connectivity index is 1.60. The van der Waals surface area contributed by atoms with Crippen molar-refractivity contribution in [3.8, 4) is 0 Å². The van der Waals surface area contributed by atoms with Gasteiger partial charge >= 0.3 is 0 Å². The quantitative estimate of drug-likeness (QED) is 0.638. The molecular weight excluding hydrogens is 298 g/mol. The maximum atomic E-state index is 6.45. The van der Waals surface area contributed by atoms with E-state index in [1.807, 2.05) is 6.07 Å². The van der Waals surface area contributed by atoms with Gasteiger partial charge in [-0.1, -0.05) is 54.1 Å². The number of aryl methyl sites for hydroxylation is 1. The first-order valence-electron chi connectivity index (χ1n) is 7.17. The van der Waals surface area contributed by atoms with Crippen LogP contribution < -0.4 is 5.32 Å². The first-order valence-corrected chi connectivity index (χ1v) is 8.36. The predicted molar refractivity (Wildman–Crippen MR) is 93.4 cm³/mol. The molecule has 2 aromatic carbocycles. The van der Waals surface area contributed by atoms with E-state index in [0.29, 0.717) is 0 Å². The first-order chi connectivity index (χ1) is 10.3. The number of nitrogens with one attached hydrogen (secondary N) is 1. The summed E-state index contributed by atoms with van der Waals surface area (Å²) in [6.07, 6.45) is 1.05. The van der Waals surface area contributed by atoms with Crippen molar-refractivity contribution in [1.82, 2.24) is 5.32 Å². The predicted octanol–water partition coefficient (Wildman–Crippen LogP) is 5.20. The Morgan fingerprint density at radius 1 is 1.05 bits per heavy atom. The van der Waals surface area contributed by atoms with Gasteiger partial charge in [0.25, 0.3) is 0 Å². The number of halogens is 1. The van der Waals surface area contributed by atoms with Crippen molar-refractivity contribution in [2.75, 3.05) is 6.54 Å². The number of rotatable bonds is 5. The van der Waals surface area contributed by atoms with E-state index >= 15 is 0 Å². The van der Waals surface area contributed by atoms with Crippen LogP contribution in [-0.4, -0.2) is 6.54 Å². The Bertz CT molecular complexity index is 748. The van der Waals surface area contributed by atoms with E-state index in [2.05, 4.69) is 54.7 Å². The number of thiophene rings is 1. The largest absolute Gasteiger partial charge is 0.311 e. The maximum absolute atomic E-state index is 6.45. The van der Waals surface area contributed by atoms with Gasteiger partial charge in [0.1, 0.15) is 0 Å². The molecule has 1 aromatic heterocycles. The fourth-order valence-electron chi connectivity index (χ4n) is 2.49. The summed E-state index contributed by atoms with van der Waals surface area (Å²) >= 11 is 8.23. The Morgan fingerprint density at radius 2 is 1.81 bits per heavy atom. The Labute approximate surface area is 134 Å². The van der Waals surface area contributed by atoms with Gasteiger partial charge in [-0.2, -0.15) is 0 Å². The number of benzene rings is 2. The van der Waals surface area contributed by atoms with Gasteiger partial charge in [0.2, 0.25) is 0 Å². The van der Waals surface area contributed by atoms with Crippen LogP contribution in [0.15, 0.2) is 48.5 Å². The third kappa shape index (κ3) is 3.29. The summed E-state index contributed by atoms with van der Waals surface area (Å²) in [6.45, 7) is 3.97. The van der Waals surface area contributed by atoms with Gasteiger partial charge in [-0.25, -0.2) is 0 Å². The molecule has 0 radical (unpaired) electrons. The zero-order valence-electron chi connectivity index (χ0n) is 12.0. The smallest absolute Gasteiger partial charge is 0.0636 e. The summed E-state index contributed by atoms with van der Waals surface area (Å²) in [7, 11) is 0.